The molecule has 0 spiro atoms. The van der Waals surface area contributed by atoms with Gasteiger partial charge in [0.05, 0.1) is 12.7 Å². The van der Waals surface area contributed by atoms with E-state index in [-0.39, 0.29) is 18.1 Å². The molecule has 0 aromatic heterocycles. The van der Waals surface area contributed by atoms with Crippen molar-refractivity contribution in [3.05, 3.63) is 0 Å². The van der Waals surface area contributed by atoms with Crippen molar-refractivity contribution in [2.24, 2.45) is 5.41 Å². The van der Waals surface area contributed by atoms with Crippen molar-refractivity contribution in [1.29, 1.82) is 0 Å². The summed E-state index contributed by atoms with van der Waals surface area (Å²) < 4.78 is 5.68. The molecular formula is C14H20O2. The molecule has 1 N–H and O–H groups in total. The molecule has 2 heteroatoms. The molecular weight excluding hydrogens is 200 g/mol. The van der Waals surface area contributed by atoms with Crippen LogP contribution in [0.5, 0.6) is 0 Å². The van der Waals surface area contributed by atoms with Crippen LogP contribution in [0, 0.1) is 30.1 Å². The zero-order valence-electron chi connectivity index (χ0n) is 9.74. The molecule has 1 aliphatic heterocycles. The summed E-state index contributed by atoms with van der Waals surface area (Å²) in [6.45, 7) is 0.861. The van der Waals surface area contributed by atoms with Crippen LogP contribution in [-0.4, -0.2) is 24.4 Å². The van der Waals surface area contributed by atoms with Gasteiger partial charge in [-0.25, -0.2) is 0 Å². The van der Waals surface area contributed by atoms with Gasteiger partial charge in [0.15, 0.2) is 0 Å². The molecule has 1 rings (SSSR count). The first kappa shape index (κ1) is 13.1. The predicted octanol–water partition coefficient (Wildman–Crippen LogP) is 1.97. The van der Waals surface area contributed by atoms with Gasteiger partial charge in [0.25, 0.3) is 0 Å². The highest BCUT2D eigenvalue weighted by Crippen LogP contribution is 2.34. The second kappa shape index (κ2) is 6.59. The Morgan fingerprint density at radius 2 is 1.94 bits per heavy atom. The van der Waals surface area contributed by atoms with Crippen LogP contribution in [0.4, 0.5) is 0 Å². The van der Waals surface area contributed by atoms with Crippen molar-refractivity contribution in [3.63, 3.8) is 0 Å². The van der Waals surface area contributed by atoms with E-state index in [1.54, 1.807) is 0 Å². The maximum Gasteiger partial charge on any atom is 0.0582 e. The number of hydrogen-bond acceptors (Lipinski definition) is 2. The number of aliphatic hydroxyl groups excluding tert-OH is 1. The van der Waals surface area contributed by atoms with Crippen LogP contribution in [0.2, 0.25) is 0 Å². The van der Waals surface area contributed by atoms with Gasteiger partial charge in [-0.05, 0) is 25.7 Å². The maximum absolute atomic E-state index is 9.52. The molecule has 88 valence electrons. The average molecular weight is 220 g/mol. The van der Waals surface area contributed by atoms with Crippen LogP contribution >= 0.6 is 0 Å². The van der Waals surface area contributed by atoms with Crippen molar-refractivity contribution in [2.45, 2.75) is 44.6 Å². The Kier molecular flexibility index (Phi) is 5.39. The van der Waals surface area contributed by atoms with E-state index < -0.39 is 0 Å². The summed E-state index contributed by atoms with van der Waals surface area (Å²) in [5.74, 6) is 5.25. The van der Waals surface area contributed by atoms with Gasteiger partial charge in [-0.2, -0.15) is 0 Å². The number of rotatable bonds is 5. The first-order valence-electron chi connectivity index (χ1n) is 5.86. The van der Waals surface area contributed by atoms with Crippen LogP contribution in [0.1, 0.15) is 38.5 Å². The fraction of sp³-hybridized carbons (Fsp3) is 0.714. The van der Waals surface area contributed by atoms with Crippen LogP contribution in [0.25, 0.3) is 0 Å². The highest BCUT2D eigenvalue weighted by molar-refractivity contribution is 5.02. The molecule has 0 aromatic carbocycles. The third kappa shape index (κ3) is 3.56. The number of terminal acetylenes is 2. The largest absolute Gasteiger partial charge is 0.396 e. The molecule has 1 saturated heterocycles. The lowest BCUT2D eigenvalue weighted by molar-refractivity contribution is -0.0262. The minimum atomic E-state index is -0.342. The van der Waals surface area contributed by atoms with Gasteiger partial charge in [-0.1, -0.05) is 0 Å². The second-order valence-corrected chi connectivity index (χ2v) is 4.61. The molecule has 1 heterocycles. The van der Waals surface area contributed by atoms with Crippen LogP contribution in [-0.2, 0) is 4.74 Å². The van der Waals surface area contributed by atoms with E-state index in [1.807, 2.05) is 0 Å². The molecule has 1 atom stereocenters. The van der Waals surface area contributed by atoms with Gasteiger partial charge in [0, 0.05) is 24.9 Å². The second-order valence-electron chi connectivity index (χ2n) is 4.61. The van der Waals surface area contributed by atoms with Crippen LogP contribution in [0.3, 0.4) is 0 Å². The minimum absolute atomic E-state index is 0.0429. The van der Waals surface area contributed by atoms with E-state index in [0.717, 1.165) is 25.9 Å². The quantitative estimate of drug-likeness (QED) is 0.718. The maximum atomic E-state index is 9.52. The van der Waals surface area contributed by atoms with Crippen LogP contribution < -0.4 is 0 Å². The lowest BCUT2D eigenvalue weighted by Crippen LogP contribution is -2.32. The number of ether oxygens (including phenoxy) is 1. The van der Waals surface area contributed by atoms with E-state index in [0.29, 0.717) is 12.8 Å². The Morgan fingerprint density at radius 1 is 1.25 bits per heavy atom. The zero-order chi connectivity index (χ0) is 11.9. The van der Waals surface area contributed by atoms with Gasteiger partial charge in [-0.15, -0.1) is 24.7 Å². The number of aliphatic hydroxyl groups is 1. The smallest absolute Gasteiger partial charge is 0.0582 e. The van der Waals surface area contributed by atoms with E-state index in [1.165, 1.54) is 6.42 Å². The SMILES string of the molecule is C#CCC(CO)(CC#C)CC1CCCCO1. The molecule has 0 radical (unpaired) electrons. The molecule has 2 nitrogen and oxygen atoms in total. The first-order valence-corrected chi connectivity index (χ1v) is 5.86. The Hall–Kier alpha value is -0.960. The predicted molar refractivity (Wildman–Crippen MR) is 64.6 cm³/mol. The lowest BCUT2D eigenvalue weighted by Gasteiger charge is -2.34. The topological polar surface area (TPSA) is 29.5 Å². The summed E-state index contributed by atoms with van der Waals surface area (Å²) in [5.41, 5.74) is -0.342. The van der Waals surface area contributed by atoms with Gasteiger partial charge in [0.2, 0.25) is 0 Å². The highest BCUT2D eigenvalue weighted by Gasteiger charge is 2.32. The Labute approximate surface area is 98.4 Å². The Balaban J connectivity index is 2.61. The number of hydrogen-bond donors (Lipinski definition) is 1. The summed E-state index contributed by atoms with van der Waals surface area (Å²) in [6.07, 6.45) is 16.1. The van der Waals surface area contributed by atoms with Gasteiger partial charge in [0.1, 0.15) is 0 Å². The highest BCUT2D eigenvalue weighted by atomic mass is 16.5. The van der Waals surface area contributed by atoms with Crippen molar-refractivity contribution in [3.8, 4) is 24.7 Å². The van der Waals surface area contributed by atoms with E-state index in [4.69, 9.17) is 17.6 Å². The van der Waals surface area contributed by atoms with Gasteiger partial charge < -0.3 is 9.84 Å². The molecule has 0 aliphatic carbocycles. The lowest BCUT2D eigenvalue weighted by atomic mass is 9.76. The van der Waals surface area contributed by atoms with Gasteiger partial charge >= 0.3 is 0 Å². The molecule has 1 aliphatic rings. The average Bonchev–Trinajstić information content (AvgIpc) is 2.31. The van der Waals surface area contributed by atoms with Crippen molar-refractivity contribution >= 4 is 0 Å². The van der Waals surface area contributed by atoms with Crippen molar-refractivity contribution in [2.75, 3.05) is 13.2 Å². The zero-order valence-corrected chi connectivity index (χ0v) is 9.74. The summed E-state index contributed by atoms with van der Waals surface area (Å²) in [5, 5.41) is 9.52. The molecule has 0 aromatic rings. The molecule has 16 heavy (non-hydrogen) atoms. The molecule has 1 unspecified atom stereocenters. The molecule has 0 bridgehead atoms. The molecule has 1 fully saturated rings. The fourth-order valence-corrected chi connectivity index (χ4v) is 2.27. The third-order valence-electron chi connectivity index (χ3n) is 3.22. The summed E-state index contributed by atoms with van der Waals surface area (Å²) in [6, 6.07) is 0. The first-order chi connectivity index (χ1) is 7.76. The minimum Gasteiger partial charge on any atom is -0.396 e. The van der Waals surface area contributed by atoms with E-state index in [9.17, 15) is 5.11 Å². The summed E-state index contributed by atoms with van der Waals surface area (Å²) in [4.78, 5) is 0. The van der Waals surface area contributed by atoms with E-state index >= 15 is 0 Å². The van der Waals surface area contributed by atoms with Crippen LogP contribution in [0.15, 0.2) is 0 Å². The van der Waals surface area contributed by atoms with Gasteiger partial charge in [-0.3, -0.25) is 0 Å². The Morgan fingerprint density at radius 3 is 2.38 bits per heavy atom. The summed E-state index contributed by atoms with van der Waals surface area (Å²) >= 11 is 0. The Bertz CT molecular complexity index is 260. The molecule has 0 saturated carbocycles. The monoisotopic (exact) mass is 220 g/mol. The standard InChI is InChI=1S/C14H20O2/c1-3-8-14(12-15,9-4-2)11-13-7-5-6-10-16-13/h1-2,13,15H,5-12H2. The van der Waals surface area contributed by atoms with Crippen molar-refractivity contribution < 1.29 is 9.84 Å². The fourth-order valence-electron chi connectivity index (χ4n) is 2.27. The summed E-state index contributed by atoms with van der Waals surface area (Å²) in [7, 11) is 0. The molecule has 0 amide bonds. The normalized spacial score (nSPS) is 21.1. The van der Waals surface area contributed by atoms with Crippen molar-refractivity contribution in [1.82, 2.24) is 0 Å². The van der Waals surface area contributed by atoms with E-state index in [2.05, 4.69) is 11.8 Å². The third-order valence-corrected chi connectivity index (χ3v) is 3.22.